The molecule has 0 aliphatic carbocycles. The molecule has 4 nitrogen and oxygen atoms in total. The molecule has 1 rings (SSSR count). The summed E-state index contributed by atoms with van der Waals surface area (Å²) in [5.74, 6) is 1.00. The molecule has 0 fully saturated rings. The third kappa shape index (κ3) is 5.71. The lowest BCUT2D eigenvalue weighted by molar-refractivity contribution is 0.260. The maximum Gasteiger partial charge on any atom is 0.126 e. The second-order valence-electron chi connectivity index (χ2n) is 4.83. The SMILES string of the molecule is CCCNc1cc(CN(CC)CC(C)C#N)ccn1. The van der Waals surface area contributed by atoms with Crippen LogP contribution in [0.3, 0.4) is 0 Å². The summed E-state index contributed by atoms with van der Waals surface area (Å²) in [6, 6.07) is 6.42. The molecule has 0 radical (unpaired) electrons. The van der Waals surface area contributed by atoms with Gasteiger partial charge in [0.15, 0.2) is 0 Å². The quantitative estimate of drug-likeness (QED) is 0.781. The van der Waals surface area contributed by atoms with Gasteiger partial charge in [0.25, 0.3) is 0 Å². The summed E-state index contributed by atoms with van der Waals surface area (Å²) < 4.78 is 0. The van der Waals surface area contributed by atoms with Crippen LogP contribution < -0.4 is 5.32 Å². The molecule has 19 heavy (non-hydrogen) atoms. The average Bonchev–Trinajstić information content (AvgIpc) is 2.44. The molecule has 0 aliphatic heterocycles. The molecular formula is C15H24N4. The zero-order chi connectivity index (χ0) is 14.1. The molecule has 0 aromatic carbocycles. The molecule has 0 spiro atoms. The Labute approximate surface area is 116 Å². The van der Waals surface area contributed by atoms with Gasteiger partial charge in [-0.3, -0.25) is 4.90 Å². The summed E-state index contributed by atoms with van der Waals surface area (Å²) in [6.45, 7) is 9.80. The number of rotatable bonds is 8. The van der Waals surface area contributed by atoms with Gasteiger partial charge in [-0.1, -0.05) is 13.8 Å². The van der Waals surface area contributed by atoms with E-state index in [1.54, 1.807) is 0 Å². The van der Waals surface area contributed by atoms with Crippen LogP contribution in [-0.4, -0.2) is 29.5 Å². The first-order valence-corrected chi connectivity index (χ1v) is 7.00. The molecule has 1 heterocycles. The second kappa shape index (κ2) is 8.49. The summed E-state index contributed by atoms with van der Waals surface area (Å²) in [6.07, 6.45) is 2.93. The molecule has 0 aliphatic rings. The van der Waals surface area contributed by atoms with Crippen molar-refractivity contribution in [2.75, 3.05) is 25.0 Å². The van der Waals surface area contributed by atoms with E-state index in [0.29, 0.717) is 0 Å². The van der Waals surface area contributed by atoms with Gasteiger partial charge in [0, 0.05) is 25.8 Å². The molecule has 0 amide bonds. The van der Waals surface area contributed by atoms with Crippen molar-refractivity contribution in [3.8, 4) is 6.07 Å². The van der Waals surface area contributed by atoms with Gasteiger partial charge in [-0.15, -0.1) is 0 Å². The summed E-state index contributed by atoms with van der Waals surface area (Å²) >= 11 is 0. The van der Waals surface area contributed by atoms with Gasteiger partial charge in [-0.2, -0.15) is 5.26 Å². The van der Waals surface area contributed by atoms with Crippen molar-refractivity contribution in [1.82, 2.24) is 9.88 Å². The highest BCUT2D eigenvalue weighted by atomic mass is 15.1. The van der Waals surface area contributed by atoms with E-state index in [0.717, 1.165) is 38.4 Å². The Morgan fingerprint density at radius 3 is 2.89 bits per heavy atom. The summed E-state index contributed by atoms with van der Waals surface area (Å²) in [5.41, 5.74) is 1.24. The average molecular weight is 260 g/mol. The number of nitriles is 1. The van der Waals surface area contributed by atoms with Crippen molar-refractivity contribution in [2.24, 2.45) is 5.92 Å². The van der Waals surface area contributed by atoms with Crippen molar-refractivity contribution in [1.29, 1.82) is 5.26 Å². The van der Waals surface area contributed by atoms with Crippen LogP contribution in [0.2, 0.25) is 0 Å². The highest BCUT2D eigenvalue weighted by Crippen LogP contribution is 2.11. The van der Waals surface area contributed by atoms with E-state index in [1.807, 2.05) is 19.2 Å². The monoisotopic (exact) mass is 260 g/mol. The van der Waals surface area contributed by atoms with E-state index in [1.165, 1.54) is 5.56 Å². The Kier molecular flexibility index (Phi) is 6.91. The fourth-order valence-corrected chi connectivity index (χ4v) is 1.91. The van der Waals surface area contributed by atoms with E-state index < -0.39 is 0 Å². The summed E-state index contributed by atoms with van der Waals surface area (Å²) in [4.78, 5) is 6.59. The summed E-state index contributed by atoms with van der Waals surface area (Å²) in [7, 11) is 0. The molecule has 1 N–H and O–H groups in total. The first-order valence-electron chi connectivity index (χ1n) is 7.00. The third-order valence-corrected chi connectivity index (χ3v) is 2.99. The van der Waals surface area contributed by atoms with Gasteiger partial charge in [-0.05, 0) is 37.6 Å². The number of pyridine rings is 1. The number of hydrogen-bond acceptors (Lipinski definition) is 4. The first-order chi connectivity index (χ1) is 9.19. The van der Waals surface area contributed by atoms with Gasteiger partial charge in [0.1, 0.15) is 5.82 Å². The van der Waals surface area contributed by atoms with Crippen LogP contribution in [-0.2, 0) is 6.54 Å². The zero-order valence-corrected chi connectivity index (χ0v) is 12.2. The van der Waals surface area contributed by atoms with Crippen molar-refractivity contribution in [3.05, 3.63) is 23.9 Å². The standard InChI is InChI=1S/C15H24N4/c1-4-7-17-15-9-14(6-8-18-15)12-19(5-2)11-13(3)10-16/h6,8-9,13H,4-5,7,11-12H2,1-3H3,(H,17,18). The highest BCUT2D eigenvalue weighted by Gasteiger charge is 2.09. The lowest BCUT2D eigenvalue weighted by Crippen LogP contribution is -2.27. The van der Waals surface area contributed by atoms with Crippen molar-refractivity contribution >= 4 is 5.82 Å². The Morgan fingerprint density at radius 2 is 2.26 bits per heavy atom. The number of nitrogens with one attached hydrogen (secondary N) is 1. The van der Waals surface area contributed by atoms with E-state index in [9.17, 15) is 0 Å². The lowest BCUT2D eigenvalue weighted by atomic mass is 10.1. The topological polar surface area (TPSA) is 52.0 Å². The molecule has 4 heteroatoms. The molecule has 1 aromatic heterocycles. The van der Waals surface area contributed by atoms with Crippen LogP contribution in [0.5, 0.6) is 0 Å². The van der Waals surface area contributed by atoms with E-state index in [4.69, 9.17) is 5.26 Å². The first kappa shape index (κ1) is 15.5. The van der Waals surface area contributed by atoms with Crippen LogP contribution >= 0.6 is 0 Å². The Morgan fingerprint density at radius 1 is 1.47 bits per heavy atom. The third-order valence-electron chi connectivity index (χ3n) is 2.99. The van der Waals surface area contributed by atoms with E-state index >= 15 is 0 Å². The minimum Gasteiger partial charge on any atom is -0.370 e. The van der Waals surface area contributed by atoms with Crippen LogP contribution in [0.25, 0.3) is 0 Å². The largest absolute Gasteiger partial charge is 0.370 e. The van der Waals surface area contributed by atoms with Crippen LogP contribution in [0.15, 0.2) is 18.3 Å². The molecule has 1 unspecified atom stereocenters. The molecule has 1 atom stereocenters. The van der Waals surface area contributed by atoms with E-state index in [-0.39, 0.29) is 5.92 Å². The minimum atomic E-state index is 0.0690. The maximum atomic E-state index is 8.89. The molecular weight excluding hydrogens is 236 g/mol. The van der Waals surface area contributed by atoms with Gasteiger partial charge in [0.2, 0.25) is 0 Å². The van der Waals surface area contributed by atoms with E-state index in [2.05, 4.69) is 41.2 Å². The number of aromatic nitrogens is 1. The van der Waals surface area contributed by atoms with Crippen LogP contribution in [0, 0.1) is 17.2 Å². The lowest BCUT2D eigenvalue weighted by Gasteiger charge is -2.21. The van der Waals surface area contributed by atoms with Crippen molar-refractivity contribution in [3.63, 3.8) is 0 Å². The van der Waals surface area contributed by atoms with Crippen molar-refractivity contribution in [2.45, 2.75) is 33.7 Å². The van der Waals surface area contributed by atoms with Gasteiger partial charge in [-0.25, -0.2) is 4.98 Å². The predicted molar refractivity (Wildman–Crippen MR) is 78.7 cm³/mol. The van der Waals surface area contributed by atoms with Crippen LogP contribution in [0.4, 0.5) is 5.82 Å². The number of hydrogen-bond donors (Lipinski definition) is 1. The maximum absolute atomic E-state index is 8.89. The van der Waals surface area contributed by atoms with Crippen molar-refractivity contribution < 1.29 is 0 Å². The van der Waals surface area contributed by atoms with Gasteiger partial charge < -0.3 is 5.32 Å². The molecule has 0 saturated heterocycles. The second-order valence-corrected chi connectivity index (χ2v) is 4.83. The van der Waals surface area contributed by atoms with Gasteiger partial charge in [0.05, 0.1) is 12.0 Å². The number of anilines is 1. The summed E-state index contributed by atoms with van der Waals surface area (Å²) in [5, 5.41) is 12.2. The predicted octanol–water partition coefficient (Wildman–Crippen LogP) is 2.89. The number of nitrogens with zero attached hydrogens (tertiary/aromatic N) is 3. The highest BCUT2D eigenvalue weighted by molar-refractivity contribution is 5.37. The Hall–Kier alpha value is -1.60. The Bertz CT molecular complexity index is 411. The zero-order valence-electron chi connectivity index (χ0n) is 12.2. The minimum absolute atomic E-state index is 0.0690. The fourth-order valence-electron chi connectivity index (χ4n) is 1.91. The Balaban J connectivity index is 2.61. The van der Waals surface area contributed by atoms with Crippen LogP contribution in [0.1, 0.15) is 32.8 Å². The molecule has 0 saturated carbocycles. The van der Waals surface area contributed by atoms with Gasteiger partial charge >= 0.3 is 0 Å². The molecule has 0 bridgehead atoms. The smallest absolute Gasteiger partial charge is 0.126 e. The molecule has 1 aromatic rings. The molecule has 104 valence electrons. The fraction of sp³-hybridized carbons (Fsp3) is 0.600. The normalized spacial score (nSPS) is 12.2.